The molecule has 0 aliphatic heterocycles. The van der Waals surface area contributed by atoms with Crippen LogP contribution in [0.3, 0.4) is 0 Å². The second-order valence-corrected chi connectivity index (χ2v) is 6.74. The van der Waals surface area contributed by atoms with Gasteiger partial charge >= 0.3 is 5.69 Å². The Morgan fingerprint density at radius 3 is 2.58 bits per heavy atom. The molecule has 0 saturated heterocycles. The summed E-state index contributed by atoms with van der Waals surface area (Å²) in [6.07, 6.45) is 7.30. The van der Waals surface area contributed by atoms with E-state index in [4.69, 9.17) is 0 Å². The van der Waals surface area contributed by atoms with E-state index in [0.29, 0.717) is 12.1 Å². The van der Waals surface area contributed by atoms with Crippen molar-refractivity contribution in [3.8, 4) is 0 Å². The average Bonchev–Trinajstić information content (AvgIpc) is 3.09. The van der Waals surface area contributed by atoms with Crippen molar-refractivity contribution in [3.05, 3.63) is 22.9 Å². The zero-order valence-electron chi connectivity index (χ0n) is 12.6. The van der Waals surface area contributed by atoms with Crippen molar-refractivity contribution in [2.24, 2.45) is 5.41 Å². The van der Waals surface area contributed by atoms with Gasteiger partial charge in [-0.2, -0.15) is 0 Å². The molecule has 2 rings (SSSR count). The van der Waals surface area contributed by atoms with Crippen molar-refractivity contribution < 1.29 is 0 Å². The molecule has 0 amide bonds. The highest BCUT2D eigenvalue weighted by atomic mass is 16.1. The fourth-order valence-corrected chi connectivity index (χ4v) is 2.36. The molecule has 4 nitrogen and oxygen atoms in total. The van der Waals surface area contributed by atoms with Crippen molar-refractivity contribution in [2.75, 3.05) is 6.54 Å². The first-order valence-electron chi connectivity index (χ1n) is 7.44. The van der Waals surface area contributed by atoms with Crippen LogP contribution in [0.4, 0.5) is 0 Å². The van der Waals surface area contributed by atoms with Gasteiger partial charge in [-0.1, -0.05) is 27.7 Å². The second kappa shape index (κ2) is 5.53. The van der Waals surface area contributed by atoms with Crippen molar-refractivity contribution in [2.45, 2.75) is 65.6 Å². The van der Waals surface area contributed by atoms with Gasteiger partial charge in [0.2, 0.25) is 0 Å². The molecular weight excluding hydrogens is 238 g/mol. The summed E-state index contributed by atoms with van der Waals surface area (Å²) in [5.41, 5.74) is 0.297. The third-order valence-electron chi connectivity index (χ3n) is 3.88. The van der Waals surface area contributed by atoms with Gasteiger partial charge < -0.3 is 5.32 Å². The molecular formula is C15H27N3O. The Kier molecular flexibility index (Phi) is 4.19. The number of hydrogen-bond acceptors (Lipinski definition) is 2. The molecule has 19 heavy (non-hydrogen) atoms. The van der Waals surface area contributed by atoms with E-state index in [-0.39, 0.29) is 11.1 Å². The van der Waals surface area contributed by atoms with E-state index in [0.717, 1.165) is 32.4 Å². The molecule has 1 N–H and O–H groups in total. The first kappa shape index (κ1) is 14.4. The SMILES string of the molecule is CCCNC(Cn1ccn(C2CC2)c1=O)C(C)(C)C. The highest BCUT2D eigenvalue weighted by molar-refractivity contribution is 4.93. The summed E-state index contributed by atoms with van der Waals surface area (Å²) in [5.74, 6) is 0. The molecule has 1 saturated carbocycles. The zero-order chi connectivity index (χ0) is 14.0. The van der Waals surface area contributed by atoms with Crippen molar-refractivity contribution >= 4 is 0 Å². The van der Waals surface area contributed by atoms with E-state index in [1.807, 2.05) is 21.5 Å². The number of hydrogen-bond donors (Lipinski definition) is 1. The van der Waals surface area contributed by atoms with Crippen LogP contribution in [-0.2, 0) is 6.54 Å². The molecule has 1 aromatic heterocycles. The first-order chi connectivity index (χ1) is 8.93. The van der Waals surface area contributed by atoms with Crippen LogP contribution in [0, 0.1) is 5.41 Å². The van der Waals surface area contributed by atoms with Gasteiger partial charge in [-0.15, -0.1) is 0 Å². The lowest BCUT2D eigenvalue weighted by Crippen LogP contribution is -2.45. The summed E-state index contributed by atoms with van der Waals surface area (Å²) < 4.78 is 3.75. The summed E-state index contributed by atoms with van der Waals surface area (Å²) in [4.78, 5) is 12.3. The lowest BCUT2D eigenvalue weighted by atomic mass is 9.86. The molecule has 0 spiro atoms. The van der Waals surface area contributed by atoms with Crippen molar-refractivity contribution in [1.82, 2.24) is 14.5 Å². The number of imidazole rings is 1. The zero-order valence-corrected chi connectivity index (χ0v) is 12.6. The van der Waals surface area contributed by atoms with Crippen molar-refractivity contribution in [3.63, 3.8) is 0 Å². The topological polar surface area (TPSA) is 39.0 Å². The normalized spacial score (nSPS) is 17.7. The average molecular weight is 265 g/mol. The van der Waals surface area contributed by atoms with Crippen LogP contribution >= 0.6 is 0 Å². The van der Waals surface area contributed by atoms with Crippen LogP contribution in [0.5, 0.6) is 0 Å². The predicted molar refractivity (Wildman–Crippen MR) is 78.5 cm³/mol. The number of aromatic nitrogens is 2. The highest BCUT2D eigenvalue weighted by Gasteiger charge is 2.28. The van der Waals surface area contributed by atoms with Gasteiger partial charge in [0.25, 0.3) is 0 Å². The summed E-state index contributed by atoms with van der Waals surface area (Å²) in [6.45, 7) is 10.6. The van der Waals surface area contributed by atoms with Gasteiger partial charge in [-0.05, 0) is 31.2 Å². The van der Waals surface area contributed by atoms with E-state index in [1.165, 1.54) is 0 Å². The van der Waals surface area contributed by atoms with Crippen LogP contribution in [-0.4, -0.2) is 21.7 Å². The number of nitrogens with zero attached hydrogens (tertiary/aromatic N) is 2. The van der Waals surface area contributed by atoms with E-state index in [1.54, 1.807) is 0 Å². The van der Waals surface area contributed by atoms with E-state index >= 15 is 0 Å². The smallest absolute Gasteiger partial charge is 0.312 e. The van der Waals surface area contributed by atoms with Gasteiger partial charge in [0, 0.05) is 31.0 Å². The minimum atomic E-state index is 0.148. The maximum Gasteiger partial charge on any atom is 0.328 e. The van der Waals surface area contributed by atoms with Gasteiger partial charge in [0.05, 0.1) is 0 Å². The minimum Gasteiger partial charge on any atom is -0.312 e. The van der Waals surface area contributed by atoms with Gasteiger partial charge in [-0.25, -0.2) is 4.79 Å². The Bertz CT molecular complexity index is 462. The maximum atomic E-state index is 12.3. The molecule has 0 aromatic carbocycles. The lowest BCUT2D eigenvalue weighted by Gasteiger charge is -2.31. The molecule has 1 atom stereocenters. The van der Waals surface area contributed by atoms with Gasteiger partial charge in [0.1, 0.15) is 0 Å². The first-order valence-corrected chi connectivity index (χ1v) is 7.44. The largest absolute Gasteiger partial charge is 0.328 e. The Hall–Kier alpha value is -1.03. The fourth-order valence-electron chi connectivity index (χ4n) is 2.36. The quantitative estimate of drug-likeness (QED) is 0.858. The van der Waals surface area contributed by atoms with Crippen molar-refractivity contribution in [1.29, 1.82) is 0 Å². The Labute approximate surface area is 115 Å². The molecule has 0 bridgehead atoms. The predicted octanol–water partition coefficient (Wildman–Crippen LogP) is 2.40. The molecule has 1 heterocycles. The van der Waals surface area contributed by atoms with E-state index in [9.17, 15) is 4.79 Å². The standard InChI is InChI=1S/C15H27N3O/c1-5-8-16-13(15(2,3)4)11-17-9-10-18(14(17)19)12-6-7-12/h9-10,12-13,16H,5-8,11H2,1-4H3. The summed E-state index contributed by atoms with van der Waals surface area (Å²) in [7, 11) is 0. The minimum absolute atomic E-state index is 0.148. The molecule has 1 unspecified atom stereocenters. The van der Waals surface area contributed by atoms with Crippen LogP contribution in [0.15, 0.2) is 17.2 Å². The molecule has 4 heteroatoms. The summed E-state index contributed by atoms with van der Waals surface area (Å²) in [6, 6.07) is 0.783. The number of nitrogens with one attached hydrogen (secondary N) is 1. The third-order valence-corrected chi connectivity index (χ3v) is 3.88. The Morgan fingerprint density at radius 1 is 1.37 bits per heavy atom. The Balaban J connectivity index is 2.10. The monoisotopic (exact) mass is 265 g/mol. The second-order valence-electron chi connectivity index (χ2n) is 6.74. The fraction of sp³-hybridized carbons (Fsp3) is 0.800. The molecule has 0 radical (unpaired) electrons. The van der Waals surface area contributed by atoms with Gasteiger partial charge in [0.15, 0.2) is 0 Å². The van der Waals surface area contributed by atoms with E-state index < -0.39 is 0 Å². The summed E-state index contributed by atoms with van der Waals surface area (Å²) >= 11 is 0. The molecule has 1 fully saturated rings. The molecule has 1 aromatic rings. The van der Waals surface area contributed by atoms with Crippen LogP contribution in [0.25, 0.3) is 0 Å². The highest BCUT2D eigenvalue weighted by Crippen LogP contribution is 2.33. The molecule has 1 aliphatic rings. The van der Waals surface area contributed by atoms with Gasteiger partial charge in [-0.3, -0.25) is 9.13 Å². The van der Waals surface area contributed by atoms with E-state index in [2.05, 4.69) is 33.0 Å². The van der Waals surface area contributed by atoms with Crippen LogP contribution in [0.2, 0.25) is 0 Å². The van der Waals surface area contributed by atoms with Crippen LogP contribution < -0.4 is 11.0 Å². The summed E-state index contributed by atoms with van der Waals surface area (Å²) in [5, 5.41) is 3.57. The third kappa shape index (κ3) is 3.50. The molecule has 108 valence electrons. The molecule has 1 aliphatic carbocycles. The number of rotatable bonds is 6. The lowest BCUT2D eigenvalue weighted by molar-refractivity contribution is 0.240. The Morgan fingerprint density at radius 2 is 2.05 bits per heavy atom. The maximum absolute atomic E-state index is 12.3. The van der Waals surface area contributed by atoms with Crippen LogP contribution in [0.1, 0.15) is 53.0 Å².